The predicted molar refractivity (Wildman–Crippen MR) is 87.0 cm³/mol. The van der Waals surface area contributed by atoms with E-state index in [0.717, 1.165) is 5.56 Å². The number of hydrogen-bond donors (Lipinski definition) is 1. The number of nitrogens with zero attached hydrogens (tertiary/aromatic N) is 3. The quantitative estimate of drug-likeness (QED) is 0.923. The van der Waals surface area contributed by atoms with E-state index in [-0.39, 0.29) is 18.5 Å². The number of aliphatic carboxylic acids is 1. The number of benzene rings is 1. The number of hydrogen-bond acceptors (Lipinski definition) is 3. The number of piperazine rings is 1. The van der Waals surface area contributed by atoms with Crippen LogP contribution in [0.2, 0.25) is 0 Å². The van der Waals surface area contributed by atoms with Crippen LogP contribution in [-0.2, 0) is 23.2 Å². The third-order valence-corrected chi connectivity index (χ3v) is 4.54. The Morgan fingerprint density at radius 2 is 2.09 bits per heavy atom. The largest absolute Gasteiger partial charge is 0.480 e. The van der Waals surface area contributed by atoms with Gasteiger partial charge in [-0.1, -0.05) is 12.1 Å². The van der Waals surface area contributed by atoms with Crippen molar-refractivity contribution in [3.63, 3.8) is 0 Å². The highest BCUT2D eigenvalue weighted by atomic mass is 16.4. The predicted octanol–water partition coefficient (Wildman–Crippen LogP) is 1.30. The van der Waals surface area contributed by atoms with Gasteiger partial charge >= 0.3 is 5.97 Å². The molecule has 1 aliphatic rings. The average molecular weight is 315 g/mol. The van der Waals surface area contributed by atoms with E-state index < -0.39 is 5.97 Å². The van der Waals surface area contributed by atoms with Crippen LogP contribution in [-0.4, -0.2) is 57.0 Å². The lowest BCUT2D eigenvalue weighted by molar-refractivity contribution is -0.150. The van der Waals surface area contributed by atoms with Crippen molar-refractivity contribution in [2.75, 3.05) is 19.6 Å². The van der Waals surface area contributed by atoms with Crippen molar-refractivity contribution in [2.45, 2.75) is 19.5 Å². The molecular formula is C17H21N3O3. The minimum atomic E-state index is -0.965. The molecule has 1 aromatic carbocycles. The molecule has 122 valence electrons. The highest BCUT2D eigenvalue weighted by Crippen LogP contribution is 2.20. The Hall–Kier alpha value is -2.34. The van der Waals surface area contributed by atoms with Crippen LogP contribution < -0.4 is 0 Å². The number of aromatic nitrogens is 1. The van der Waals surface area contributed by atoms with E-state index in [1.807, 2.05) is 20.2 Å². The van der Waals surface area contributed by atoms with Crippen molar-refractivity contribution in [1.82, 2.24) is 14.4 Å². The van der Waals surface area contributed by atoms with Crippen LogP contribution in [0.4, 0.5) is 0 Å². The molecule has 1 aliphatic heterocycles. The second kappa shape index (κ2) is 6.04. The van der Waals surface area contributed by atoms with Gasteiger partial charge in [0.05, 0.1) is 6.04 Å². The normalized spacial score (nSPS) is 19.5. The summed E-state index contributed by atoms with van der Waals surface area (Å²) in [6.45, 7) is 3.46. The lowest BCUT2D eigenvalue weighted by Gasteiger charge is -2.38. The maximum atomic E-state index is 12.3. The number of rotatable bonds is 4. The number of fused-ring (bicyclic) bond motifs is 1. The van der Waals surface area contributed by atoms with Crippen molar-refractivity contribution in [2.24, 2.45) is 7.05 Å². The third-order valence-electron chi connectivity index (χ3n) is 4.54. The van der Waals surface area contributed by atoms with Gasteiger partial charge in [0.2, 0.25) is 5.91 Å². The number of carbonyl (C=O) groups excluding carboxylic acids is 1. The van der Waals surface area contributed by atoms with E-state index in [9.17, 15) is 9.59 Å². The van der Waals surface area contributed by atoms with Crippen molar-refractivity contribution in [3.05, 3.63) is 36.0 Å². The Balaban J connectivity index is 1.73. The number of carboxylic acids is 1. The topological polar surface area (TPSA) is 65.8 Å². The van der Waals surface area contributed by atoms with E-state index in [0.29, 0.717) is 19.6 Å². The molecule has 1 N–H and O–H groups in total. The fourth-order valence-corrected chi connectivity index (χ4v) is 3.15. The Bertz CT molecular complexity index is 753. The van der Waals surface area contributed by atoms with Gasteiger partial charge in [0.15, 0.2) is 0 Å². The lowest BCUT2D eigenvalue weighted by atomic mass is 10.1. The third kappa shape index (κ3) is 3.07. The van der Waals surface area contributed by atoms with Gasteiger partial charge in [0, 0.05) is 38.4 Å². The molecule has 0 aliphatic carbocycles. The van der Waals surface area contributed by atoms with Crippen LogP contribution in [0.5, 0.6) is 0 Å². The van der Waals surface area contributed by atoms with Crippen LogP contribution >= 0.6 is 0 Å². The number of carbonyl (C=O) groups is 2. The van der Waals surface area contributed by atoms with Crippen molar-refractivity contribution < 1.29 is 14.7 Å². The molecule has 2 heterocycles. The zero-order valence-electron chi connectivity index (χ0n) is 13.4. The second-order valence-electron chi connectivity index (χ2n) is 6.12. The van der Waals surface area contributed by atoms with E-state index in [2.05, 4.69) is 33.7 Å². The number of carboxylic acid groups (broad SMARTS) is 1. The molecule has 3 rings (SSSR count). The van der Waals surface area contributed by atoms with E-state index >= 15 is 0 Å². The molecule has 1 fully saturated rings. The molecule has 6 nitrogen and oxygen atoms in total. The minimum absolute atomic E-state index is 0.112. The Kier molecular flexibility index (Phi) is 4.09. The van der Waals surface area contributed by atoms with Gasteiger partial charge in [-0.3, -0.25) is 14.5 Å². The highest BCUT2D eigenvalue weighted by molar-refractivity contribution is 5.85. The van der Waals surface area contributed by atoms with Crippen molar-refractivity contribution >= 4 is 22.8 Å². The Labute approximate surface area is 134 Å². The number of amides is 1. The standard InChI is InChI=1S/C17H21N3O3/c1-12-17(23)20(11-16(21)22)8-7-19(12)10-13-3-4-14-5-6-18(2)15(14)9-13/h3-6,9,12H,7-8,10-11H2,1-2H3,(H,21,22)/t12-/m0/s1. The van der Waals surface area contributed by atoms with E-state index in [1.165, 1.54) is 15.8 Å². The Morgan fingerprint density at radius 1 is 1.30 bits per heavy atom. The van der Waals surface area contributed by atoms with Crippen molar-refractivity contribution in [3.8, 4) is 0 Å². The molecule has 23 heavy (non-hydrogen) atoms. The first-order valence-corrected chi connectivity index (χ1v) is 7.74. The van der Waals surface area contributed by atoms with E-state index in [1.54, 1.807) is 0 Å². The molecular weight excluding hydrogens is 294 g/mol. The molecule has 0 unspecified atom stereocenters. The minimum Gasteiger partial charge on any atom is -0.480 e. The molecule has 6 heteroatoms. The molecule has 1 amide bonds. The van der Waals surface area contributed by atoms with Gasteiger partial charge in [-0.25, -0.2) is 0 Å². The Morgan fingerprint density at radius 3 is 2.83 bits per heavy atom. The molecule has 0 saturated carbocycles. The summed E-state index contributed by atoms with van der Waals surface area (Å²) in [6.07, 6.45) is 2.03. The van der Waals surface area contributed by atoms with Crippen LogP contribution in [0.1, 0.15) is 12.5 Å². The summed E-state index contributed by atoms with van der Waals surface area (Å²) in [7, 11) is 2.02. The van der Waals surface area contributed by atoms with Crippen LogP contribution in [0.3, 0.4) is 0 Å². The smallest absolute Gasteiger partial charge is 0.323 e. The summed E-state index contributed by atoms with van der Waals surface area (Å²) in [5.74, 6) is -1.08. The van der Waals surface area contributed by atoms with Gasteiger partial charge < -0.3 is 14.6 Å². The summed E-state index contributed by atoms with van der Waals surface area (Å²) in [5.41, 5.74) is 2.33. The highest BCUT2D eigenvalue weighted by Gasteiger charge is 2.32. The maximum absolute atomic E-state index is 12.3. The SMILES string of the molecule is C[C@H]1C(=O)N(CC(=O)O)CCN1Cc1ccc2ccn(C)c2c1. The monoisotopic (exact) mass is 315 g/mol. The van der Waals surface area contributed by atoms with Crippen LogP contribution in [0.25, 0.3) is 10.9 Å². The summed E-state index contributed by atoms with van der Waals surface area (Å²) in [4.78, 5) is 26.6. The average Bonchev–Trinajstić information content (AvgIpc) is 2.88. The van der Waals surface area contributed by atoms with Crippen LogP contribution in [0, 0.1) is 0 Å². The van der Waals surface area contributed by atoms with Crippen molar-refractivity contribution in [1.29, 1.82) is 0 Å². The maximum Gasteiger partial charge on any atom is 0.323 e. The zero-order valence-corrected chi connectivity index (χ0v) is 13.4. The summed E-state index contributed by atoms with van der Waals surface area (Å²) in [6, 6.07) is 8.11. The summed E-state index contributed by atoms with van der Waals surface area (Å²) < 4.78 is 2.08. The first kappa shape index (κ1) is 15.6. The summed E-state index contributed by atoms with van der Waals surface area (Å²) in [5, 5.41) is 10.1. The molecule has 0 radical (unpaired) electrons. The molecule has 1 aromatic heterocycles. The molecule has 1 atom stereocenters. The molecule has 0 spiro atoms. The summed E-state index contributed by atoms with van der Waals surface area (Å²) >= 11 is 0. The first-order valence-electron chi connectivity index (χ1n) is 7.74. The van der Waals surface area contributed by atoms with Gasteiger partial charge in [-0.05, 0) is 30.0 Å². The van der Waals surface area contributed by atoms with Gasteiger partial charge in [-0.15, -0.1) is 0 Å². The fourth-order valence-electron chi connectivity index (χ4n) is 3.15. The van der Waals surface area contributed by atoms with E-state index in [4.69, 9.17) is 5.11 Å². The number of aryl methyl sites for hydroxylation is 1. The second-order valence-corrected chi connectivity index (χ2v) is 6.12. The van der Waals surface area contributed by atoms with Gasteiger partial charge in [0.1, 0.15) is 6.54 Å². The molecule has 1 saturated heterocycles. The zero-order chi connectivity index (χ0) is 16.6. The first-order chi connectivity index (χ1) is 11.0. The fraction of sp³-hybridized carbons (Fsp3) is 0.412. The lowest BCUT2D eigenvalue weighted by Crippen LogP contribution is -2.56. The van der Waals surface area contributed by atoms with Gasteiger partial charge in [0.25, 0.3) is 0 Å². The molecule has 2 aromatic rings. The van der Waals surface area contributed by atoms with Gasteiger partial charge in [-0.2, -0.15) is 0 Å². The van der Waals surface area contributed by atoms with Crippen LogP contribution in [0.15, 0.2) is 30.5 Å². The molecule has 0 bridgehead atoms.